The van der Waals surface area contributed by atoms with E-state index in [4.69, 9.17) is 16.3 Å². The van der Waals surface area contributed by atoms with Crippen LogP contribution in [0.2, 0.25) is 5.28 Å². The molecule has 1 saturated carbocycles. The minimum absolute atomic E-state index is 0.239. The van der Waals surface area contributed by atoms with Gasteiger partial charge in [0.15, 0.2) is 0 Å². The molecule has 0 radical (unpaired) electrons. The number of halogens is 1. The van der Waals surface area contributed by atoms with E-state index < -0.39 is 0 Å². The highest BCUT2D eigenvalue weighted by molar-refractivity contribution is 6.28. The number of hydrogen-bond acceptors (Lipinski definition) is 3. The van der Waals surface area contributed by atoms with Gasteiger partial charge >= 0.3 is 0 Å². The van der Waals surface area contributed by atoms with Crippen LogP contribution in [0.4, 0.5) is 0 Å². The molecule has 1 aliphatic rings. The van der Waals surface area contributed by atoms with E-state index in [9.17, 15) is 0 Å². The lowest BCUT2D eigenvalue weighted by molar-refractivity contribution is 0.0993. The van der Waals surface area contributed by atoms with E-state index >= 15 is 0 Å². The molecule has 0 saturated heterocycles. The second-order valence-corrected chi connectivity index (χ2v) is 5.57. The standard InChI is InChI=1S/C15H17ClN2O/c1-10-6-2-5-9-13(10)19-14-11-7-3-4-8-12(11)17-15(16)18-14/h3-4,7-8,10,13H,2,5-6,9H2,1H3. The van der Waals surface area contributed by atoms with Gasteiger partial charge in [-0.2, -0.15) is 4.98 Å². The second-order valence-electron chi connectivity index (χ2n) is 5.23. The predicted octanol–water partition coefficient (Wildman–Crippen LogP) is 4.24. The van der Waals surface area contributed by atoms with Crippen LogP contribution in [-0.4, -0.2) is 16.1 Å². The maximum atomic E-state index is 6.13. The van der Waals surface area contributed by atoms with Crippen molar-refractivity contribution in [3.8, 4) is 5.88 Å². The molecule has 1 fully saturated rings. The largest absolute Gasteiger partial charge is 0.474 e. The molecule has 1 aliphatic carbocycles. The lowest BCUT2D eigenvalue weighted by Crippen LogP contribution is -2.28. The van der Waals surface area contributed by atoms with Crippen LogP contribution in [-0.2, 0) is 0 Å². The number of para-hydroxylation sites is 1. The molecule has 0 aliphatic heterocycles. The number of ether oxygens (including phenoxy) is 1. The molecule has 0 amide bonds. The van der Waals surface area contributed by atoms with E-state index in [1.165, 1.54) is 19.3 Å². The zero-order chi connectivity index (χ0) is 13.2. The zero-order valence-electron chi connectivity index (χ0n) is 11.0. The third-order valence-corrected chi connectivity index (χ3v) is 4.01. The molecule has 4 heteroatoms. The average molecular weight is 277 g/mol. The Morgan fingerprint density at radius 3 is 2.79 bits per heavy atom. The van der Waals surface area contributed by atoms with Gasteiger partial charge in [-0.3, -0.25) is 0 Å². The van der Waals surface area contributed by atoms with Crippen LogP contribution in [0.3, 0.4) is 0 Å². The quantitative estimate of drug-likeness (QED) is 0.770. The van der Waals surface area contributed by atoms with Crippen LogP contribution in [0.5, 0.6) is 5.88 Å². The molecule has 0 spiro atoms. The Labute approximate surface area is 118 Å². The summed E-state index contributed by atoms with van der Waals surface area (Å²) in [5, 5.41) is 1.18. The third-order valence-electron chi connectivity index (χ3n) is 3.84. The number of rotatable bonds is 2. The Morgan fingerprint density at radius 2 is 1.95 bits per heavy atom. The van der Waals surface area contributed by atoms with Crippen LogP contribution in [0, 0.1) is 5.92 Å². The molecule has 100 valence electrons. The summed E-state index contributed by atoms with van der Waals surface area (Å²) in [6.45, 7) is 2.24. The van der Waals surface area contributed by atoms with Gasteiger partial charge in [0.25, 0.3) is 0 Å². The monoisotopic (exact) mass is 276 g/mol. The molecule has 2 atom stereocenters. The maximum absolute atomic E-state index is 6.13. The SMILES string of the molecule is CC1CCCCC1Oc1nc(Cl)nc2ccccc12. The summed E-state index contributed by atoms with van der Waals surface area (Å²) in [6, 6.07) is 7.82. The van der Waals surface area contributed by atoms with Gasteiger partial charge in [0, 0.05) is 0 Å². The molecule has 3 rings (SSSR count). The van der Waals surface area contributed by atoms with Crippen molar-refractivity contribution in [2.75, 3.05) is 0 Å². The van der Waals surface area contributed by atoms with Gasteiger partial charge in [-0.05, 0) is 48.9 Å². The van der Waals surface area contributed by atoms with Crippen molar-refractivity contribution in [3.63, 3.8) is 0 Å². The van der Waals surface area contributed by atoms with Crippen LogP contribution >= 0.6 is 11.6 Å². The molecular formula is C15H17ClN2O. The van der Waals surface area contributed by atoms with Crippen LogP contribution in [0.1, 0.15) is 32.6 Å². The number of fused-ring (bicyclic) bond motifs is 1. The predicted molar refractivity (Wildman–Crippen MR) is 76.6 cm³/mol. The molecule has 2 unspecified atom stereocenters. The molecule has 1 heterocycles. The van der Waals surface area contributed by atoms with Crippen molar-refractivity contribution < 1.29 is 4.74 Å². The van der Waals surface area contributed by atoms with Crippen molar-refractivity contribution in [1.29, 1.82) is 0 Å². The smallest absolute Gasteiger partial charge is 0.226 e. The summed E-state index contributed by atoms with van der Waals surface area (Å²) in [5.41, 5.74) is 0.834. The highest BCUT2D eigenvalue weighted by Crippen LogP contribution is 2.31. The lowest BCUT2D eigenvalue weighted by atomic mass is 9.88. The number of aromatic nitrogens is 2. The zero-order valence-corrected chi connectivity index (χ0v) is 11.7. The Morgan fingerprint density at radius 1 is 1.16 bits per heavy atom. The summed E-state index contributed by atoms with van der Waals surface area (Å²) in [7, 11) is 0. The molecule has 19 heavy (non-hydrogen) atoms. The van der Waals surface area contributed by atoms with Gasteiger partial charge < -0.3 is 4.74 Å². The fraction of sp³-hybridized carbons (Fsp3) is 0.467. The van der Waals surface area contributed by atoms with Crippen LogP contribution in [0.15, 0.2) is 24.3 Å². The molecule has 0 N–H and O–H groups in total. The molecule has 1 aromatic heterocycles. The van der Waals surface area contributed by atoms with Crippen LogP contribution in [0.25, 0.3) is 10.9 Å². The third kappa shape index (κ3) is 2.66. The van der Waals surface area contributed by atoms with E-state index in [1.807, 2.05) is 24.3 Å². The van der Waals surface area contributed by atoms with E-state index in [1.54, 1.807) is 0 Å². The molecular weight excluding hydrogens is 260 g/mol. The Kier molecular flexibility index (Phi) is 3.56. The first kappa shape index (κ1) is 12.7. The van der Waals surface area contributed by atoms with Crippen molar-refractivity contribution in [2.24, 2.45) is 5.92 Å². The Hall–Kier alpha value is -1.35. The van der Waals surface area contributed by atoms with E-state index in [2.05, 4.69) is 16.9 Å². The van der Waals surface area contributed by atoms with Gasteiger partial charge in [-0.25, -0.2) is 4.98 Å². The van der Waals surface area contributed by atoms with E-state index in [-0.39, 0.29) is 11.4 Å². The Balaban J connectivity index is 1.95. The van der Waals surface area contributed by atoms with Gasteiger partial charge in [-0.15, -0.1) is 0 Å². The first-order chi connectivity index (χ1) is 9.24. The van der Waals surface area contributed by atoms with Crippen molar-refractivity contribution in [1.82, 2.24) is 9.97 Å². The average Bonchev–Trinajstić information content (AvgIpc) is 2.41. The van der Waals surface area contributed by atoms with Gasteiger partial charge in [0.05, 0.1) is 10.9 Å². The van der Waals surface area contributed by atoms with Crippen LogP contribution < -0.4 is 4.74 Å². The fourth-order valence-electron chi connectivity index (χ4n) is 2.71. The van der Waals surface area contributed by atoms with Gasteiger partial charge in [0.1, 0.15) is 6.10 Å². The van der Waals surface area contributed by atoms with E-state index in [0.717, 1.165) is 17.3 Å². The molecule has 2 aromatic rings. The first-order valence-electron chi connectivity index (χ1n) is 6.83. The van der Waals surface area contributed by atoms with Crippen molar-refractivity contribution in [2.45, 2.75) is 38.7 Å². The highest BCUT2D eigenvalue weighted by atomic mass is 35.5. The fourth-order valence-corrected chi connectivity index (χ4v) is 2.88. The normalized spacial score (nSPS) is 23.5. The summed E-state index contributed by atoms with van der Waals surface area (Å²) < 4.78 is 6.13. The van der Waals surface area contributed by atoms with Gasteiger partial charge in [0.2, 0.25) is 11.2 Å². The topological polar surface area (TPSA) is 35.0 Å². The van der Waals surface area contributed by atoms with Gasteiger partial charge in [-0.1, -0.05) is 25.5 Å². The van der Waals surface area contributed by atoms with E-state index in [0.29, 0.717) is 11.8 Å². The number of benzene rings is 1. The molecule has 0 bridgehead atoms. The summed E-state index contributed by atoms with van der Waals surface area (Å²) in [5.74, 6) is 1.19. The minimum atomic E-state index is 0.239. The molecule has 1 aromatic carbocycles. The van der Waals surface area contributed by atoms with Crippen molar-refractivity contribution >= 4 is 22.5 Å². The lowest BCUT2D eigenvalue weighted by Gasteiger charge is -2.29. The highest BCUT2D eigenvalue weighted by Gasteiger charge is 2.24. The minimum Gasteiger partial charge on any atom is -0.474 e. The van der Waals surface area contributed by atoms with Crippen molar-refractivity contribution in [3.05, 3.63) is 29.5 Å². The first-order valence-corrected chi connectivity index (χ1v) is 7.21. The summed E-state index contributed by atoms with van der Waals surface area (Å²) in [4.78, 5) is 8.48. The number of nitrogens with zero attached hydrogens (tertiary/aromatic N) is 2. The maximum Gasteiger partial charge on any atom is 0.226 e. The molecule has 3 nitrogen and oxygen atoms in total. The second kappa shape index (κ2) is 5.33. The summed E-state index contributed by atoms with van der Waals surface area (Å²) >= 11 is 5.98. The summed E-state index contributed by atoms with van der Waals surface area (Å²) in [6.07, 6.45) is 5.08. The Bertz CT molecular complexity index is 587. The number of hydrogen-bond donors (Lipinski definition) is 0.